The molecule has 2 nitrogen and oxygen atoms in total. The average Bonchev–Trinajstić information content (AvgIpc) is 3.54. The summed E-state index contributed by atoms with van der Waals surface area (Å²) in [6.07, 6.45) is 52.3. The lowest BCUT2D eigenvalue weighted by molar-refractivity contribution is -0.345. The maximum absolute atomic E-state index is 12.4. The second-order valence-electron chi connectivity index (χ2n) is 18.6. The molecule has 1 aliphatic rings. The fraction of sp³-hybridized carbons (Fsp3) is 0.690. The summed E-state index contributed by atoms with van der Waals surface area (Å²) in [5.41, 5.74) is 22.0. The van der Waals surface area contributed by atoms with E-state index in [1.165, 1.54) is 221 Å². The smallest absolute Gasteiger partial charge is 0.215 e. The van der Waals surface area contributed by atoms with Crippen LogP contribution in [0.5, 0.6) is 0 Å². The Hall–Kier alpha value is -2.74. The average molecular weight is 819 g/mol. The van der Waals surface area contributed by atoms with Gasteiger partial charge in [-0.05, 0) is 86.8 Å². The van der Waals surface area contributed by atoms with Crippen molar-refractivity contribution in [3.8, 4) is 0 Å². The second-order valence-corrected chi connectivity index (χ2v) is 18.6. The van der Waals surface area contributed by atoms with Crippen LogP contribution in [0.15, 0.2) is 71.8 Å². The number of nitrogens with zero attached hydrogens (tertiary/aromatic N) is 2. The number of aryl methyl sites for hydroxylation is 2. The minimum atomic E-state index is 0.973. The van der Waals surface area contributed by atoms with E-state index in [1.54, 1.807) is 4.70 Å². The summed E-state index contributed by atoms with van der Waals surface area (Å²) in [5.74, 6) is 0. The first-order valence-electron chi connectivity index (χ1n) is 26.5. The van der Waals surface area contributed by atoms with Crippen molar-refractivity contribution in [3.63, 3.8) is 0 Å². The van der Waals surface area contributed by atoms with Crippen molar-refractivity contribution in [2.45, 2.75) is 259 Å². The van der Waals surface area contributed by atoms with E-state index in [1.807, 2.05) is 0 Å². The van der Waals surface area contributed by atoms with Gasteiger partial charge in [0.25, 0.3) is 0 Å². The third-order valence-electron chi connectivity index (χ3n) is 13.1. The van der Waals surface area contributed by atoms with Gasteiger partial charge in [0.05, 0.1) is 5.57 Å². The van der Waals surface area contributed by atoms with E-state index < -0.39 is 0 Å². The summed E-state index contributed by atoms with van der Waals surface area (Å²) in [7, 11) is 0. The monoisotopic (exact) mass is 819 g/mol. The van der Waals surface area contributed by atoms with Crippen molar-refractivity contribution in [2.24, 2.45) is 0 Å². The van der Waals surface area contributed by atoms with Gasteiger partial charge in [0.1, 0.15) is 0 Å². The molecule has 0 aromatic heterocycles. The predicted molar refractivity (Wildman–Crippen MR) is 267 cm³/mol. The zero-order valence-corrected chi connectivity index (χ0v) is 40.1. The lowest BCUT2D eigenvalue weighted by Gasteiger charge is -2.12. The minimum Gasteiger partial charge on any atom is -0.493 e. The van der Waals surface area contributed by atoms with Gasteiger partial charge in [-0.25, -0.2) is 4.70 Å². The molecule has 0 fully saturated rings. The molecular formula is C58H94N2. The summed E-state index contributed by atoms with van der Waals surface area (Å²) in [5, 5.41) is 0. The molecule has 0 saturated heterocycles. The molecule has 3 rings (SSSR count). The maximum Gasteiger partial charge on any atom is 0.215 e. The summed E-state index contributed by atoms with van der Waals surface area (Å²) in [4.78, 5) is 0. The number of rotatable bonds is 39. The zero-order valence-electron chi connectivity index (χ0n) is 40.1. The standard InChI is InChI=1S/C58H94N2/c1-5-9-13-16-19-20-21-22-23-24-25-26-27-28-29-30-31-34-38-48-56-55(47-35-12-8-4)57(53-45-39-43-51(49-53)41-36-32-17-14-10-6-2)60(59)58(56)54-46-40-44-52(50-54)42-37-33-18-15-11-7-3/h38-40,43-46,48-50H,5-37,41-42,47H2,1-4H3. The van der Waals surface area contributed by atoms with Gasteiger partial charge < -0.3 is 5.53 Å². The van der Waals surface area contributed by atoms with E-state index in [2.05, 4.69) is 88.4 Å². The molecule has 0 saturated carbocycles. The van der Waals surface area contributed by atoms with Crippen LogP contribution in [0, 0.1) is 0 Å². The lowest BCUT2D eigenvalue weighted by Crippen LogP contribution is -2.03. The van der Waals surface area contributed by atoms with Gasteiger partial charge in [-0.3, -0.25) is 0 Å². The van der Waals surface area contributed by atoms with Crippen LogP contribution in [0.1, 0.15) is 268 Å². The van der Waals surface area contributed by atoms with Crippen molar-refractivity contribution in [2.75, 3.05) is 0 Å². The van der Waals surface area contributed by atoms with Gasteiger partial charge in [-0.1, -0.05) is 244 Å². The summed E-state index contributed by atoms with van der Waals surface area (Å²) >= 11 is 0. The second kappa shape index (κ2) is 34.8. The summed E-state index contributed by atoms with van der Waals surface area (Å²) in [6, 6.07) is 18.2. The Morgan fingerprint density at radius 2 is 0.750 bits per heavy atom. The topological polar surface area (TPSA) is 25.3 Å². The van der Waals surface area contributed by atoms with E-state index in [0.29, 0.717) is 0 Å². The van der Waals surface area contributed by atoms with Crippen molar-refractivity contribution in [1.82, 2.24) is 0 Å². The van der Waals surface area contributed by atoms with E-state index in [-0.39, 0.29) is 0 Å². The van der Waals surface area contributed by atoms with Gasteiger partial charge in [-0.15, -0.1) is 0 Å². The Balaban J connectivity index is 1.66. The Kier molecular flexibility index (Phi) is 29.9. The highest BCUT2D eigenvalue weighted by Gasteiger charge is 2.34. The Morgan fingerprint density at radius 3 is 1.18 bits per heavy atom. The highest BCUT2D eigenvalue weighted by molar-refractivity contribution is 5.84. The summed E-state index contributed by atoms with van der Waals surface area (Å²) < 4.78 is 1.59. The van der Waals surface area contributed by atoms with E-state index in [0.717, 1.165) is 54.6 Å². The third kappa shape index (κ3) is 21.4. The quantitative estimate of drug-likeness (QED) is 0.0474. The van der Waals surface area contributed by atoms with E-state index in [4.69, 9.17) is 0 Å². The van der Waals surface area contributed by atoms with Crippen LogP contribution in [-0.2, 0) is 12.8 Å². The van der Waals surface area contributed by atoms with Gasteiger partial charge in [-0.2, -0.15) is 0 Å². The minimum absolute atomic E-state index is 0.973. The Labute approximate surface area is 373 Å². The van der Waals surface area contributed by atoms with Gasteiger partial charge in [0.15, 0.2) is 0 Å². The van der Waals surface area contributed by atoms with Gasteiger partial charge in [0.2, 0.25) is 11.4 Å². The molecule has 0 radical (unpaired) electrons. The predicted octanol–water partition coefficient (Wildman–Crippen LogP) is 19.8. The molecule has 2 aromatic carbocycles. The molecule has 2 aromatic rings. The van der Waals surface area contributed by atoms with Gasteiger partial charge in [0, 0.05) is 16.7 Å². The fourth-order valence-electron chi connectivity index (χ4n) is 9.34. The van der Waals surface area contributed by atoms with Crippen LogP contribution < -0.4 is 0 Å². The number of allylic oxidation sites excluding steroid dienone is 4. The van der Waals surface area contributed by atoms with Crippen LogP contribution in [-0.4, -0.2) is 4.70 Å². The van der Waals surface area contributed by atoms with Crippen LogP contribution in [0.2, 0.25) is 0 Å². The first kappa shape index (κ1) is 51.6. The SMILES string of the molecule is CCCCCCCCCCCCCCCCCCCC=CC1=C(c2cccc(CCCCCCCC)c2)[N+](=[N-])C(c2cccc(CCCCCCCC)c2)=C1CCCCC. The van der Waals surface area contributed by atoms with Crippen molar-refractivity contribution in [1.29, 1.82) is 0 Å². The number of benzene rings is 2. The number of hydrogen-bond acceptors (Lipinski definition) is 0. The van der Waals surface area contributed by atoms with E-state index >= 15 is 0 Å². The molecule has 60 heavy (non-hydrogen) atoms. The molecule has 0 aliphatic carbocycles. The van der Waals surface area contributed by atoms with Crippen molar-refractivity contribution < 1.29 is 4.70 Å². The Morgan fingerprint density at radius 1 is 0.400 bits per heavy atom. The molecule has 0 atom stereocenters. The molecule has 0 spiro atoms. The van der Waals surface area contributed by atoms with Crippen LogP contribution in [0.3, 0.4) is 0 Å². The first-order chi connectivity index (χ1) is 29.6. The first-order valence-corrected chi connectivity index (χ1v) is 26.5. The van der Waals surface area contributed by atoms with E-state index in [9.17, 15) is 5.53 Å². The Bertz CT molecular complexity index is 1490. The number of unbranched alkanes of at least 4 members (excludes halogenated alkanes) is 29. The van der Waals surface area contributed by atoms with Crippen LogP contribution in [0.25, 0.3) is 16.9 Å². The molecule has 0 bridgehead atoms. The zero-order chi connectivity index (χ0) is 42.7. The highest BCUT2D eigenvalue weighted by Crippen LogP contribution is 2.43. The fourth-order valence-corrected chi connectivity index (χ4v) is 9.34. The molecule has 0 amide bonds. The van der Waals surface area contributed by atoms with Crippen molar-refractivity contribution >= 4 is 11.4 Å². The maximum atomic E-state index is 12.4. The normalized spacial score (nSPS) is 13.2. The largest absolute Gasteiger partial charge is 0.493 e. The lowest BCUT2D eigenvalue weighted by atomic mass is 9.93. The third-order valence-corrected chi connectivity index (χ3v) is 13.1. The number of hydrogen-bond donors (Lipinski definition) is 0. The highest BCUT2D eigenvalue weighted by atomic mass is 15.2. The molecule has 2 heteroatoms. The molecule has 0 unspecified atom stereocenters. The summed E-state index contributed by atoms with van der Waals surface area (Å²) in [6.45, 7) is 9.19. The van der Waals surface area contributed by atoms with Gasteiger partial charge >= 0.3 is 0 Å². The van der Waals surface area contributed by atoms with Crippen LogP contribution >= 0.6 is 0 Å². The molecular weight excluding hydrogens is 725 g/mol. The molecule has 1 heterocycles. The molecule has 0 N–H and O–H groups in total. The van der Waals surface area contributed by atoms with Crippen LogP contribution in [0.4, 0.5) is 0 Å². The van der Waals surface area contributed by atoms with Crippen molar-refractivity contribution in [3.05, 3.63) is 99.6 Å². The molecule has 336 valence electrons. The molecule has 1 aliphatic heterocycles.